The molecule has 2 saturated carbocycles. The maximum atomic E-state index is 13.0. The third-order valence-electron chi connectivity index (χ3n) is 6.28. The minimum absolute atomic E-state index is 0.0201. The van der Waals surface area contributed by atoms with Crippen molar-refractivity contribution in [1.82, 2.24) is 0 Å². The molecule has 0 bridgehead atoms. The Morgan fingerprint density at radius 3 is 2.50 bits per heavy atom. The molecule has 2 fully saturated rings. The van der Waals surface area contributed by atoms with Crippen LogP contribution in [0.15, 0.2) is 42.5 Å². The summed E-state index contributed by atoms with van der Waals surface area (Å²) < 4.78 is 17.5. The predicted molar refractivity (Wildman–Crippen MR) is 114 cm³/mol. The average Bonchev–Trinajstić information content (AvgIpc) is 3.45. The summed E-state index contributed by atoms with van der Waals surface area (Å²) in [6, 6.07) is 12.4. The summed E-state index contributed by atoms with van der Waals surface area (Å²) in [5, 5.41) is 2.97. The summed E-state index contributed by atoms with van der Waals surface area (Å²) in [5.74, 6) is -0.277. The molecule has 3 aliphatic rings. The molecular weight excluding hydrogens is 383 g/mol. The number of carbonyl (C=O) groups excluding carboxylic acids is 2. The van der Waals surface area contributed by atoms with Gasteiger partial charge in [-0.3, -0.25) is 9.59 Å². The highest BCUT2D eigenvalue weighted by Crippen LogP contribution is 2.46. The monoisotopic (exact) mass is 410 g/mol. The lowest BCUT2D eigenvalue weighted by Crippen LogP contribution is -2.46. The van der Waals surface area contributed by atoms with E-state index in [1.807, 2.05) is 0 Å². The van der Waals surface area contributed by atoms with Crippen molar-refractivity contribution < 1.29 is 18.7 Å². The standard InChI is InChI=1S/C20H21FN2O.C4H6O2/c1-23-12-9-14-13-15(3-8-18(14)23)20(10-2-11-20)19(24)22-17-6-4-16(21)5-7-17;5-3-6-4-1-2-4/h3-8,13H,2,9-12H2,1H3,(H,22,24);3-4H,1-2H2. The lowest BCUT2D eigenvalue weighted by Gasteiger charge is -2.41. The molecule has 0 saturated heterocycles. The van der Waals surface area contributed by atoms with Crippen molar-refractivity contribution in [3.63, 3.8) is 0 Å². The maximum Gasteiger partial charge on any atom is 0.293 e. The summed E-state index contributed by atoms with van der Waals surface area (Å²) in [4.78, 5) is 24.6. The van der Waals surface area contributed by atoms with E-state index in [4.69, 9.17) is 0 Å². The van der Waals surface area contributed by atoms with Crippen LogP contribution in [-0.2, 0) is 26.2 Å². The second kappa shape index (κ2) is 8.46. The quantitative estimate of drug-likeness (QED) is 0.751. The SMILES string of the molecule is CN1CCc2cc(C3(C(=O)Nc4ccc(F)cc4)CCC3)ccc21.O=COC1CC1. The molecule has 0 radical (unpaired) electrons. The minimum Gasteiger partial charge on any atom is -0.465 e. The third kappa shape index (κ3) is 4.18. The van der Waals surface area contributed by atoms with E-state index >= 15 is 0 Å². The van der Waals surface area contributed by atoms with Crippen molar-refractivity contribution in [2.75, 3.05) is 23.8 Å². The van der Waals surface area contributed by atoms with E-state index in [1.165, 1.54) is 23.4 Å². The number of likely N-dealkylation sites (N-methyl/N-ethyl adjacent to an activating group) is 1. The molecule has 1 aliphatic heterocycles. The van der Waals surface area contributed by atoms with Crippen LogP contribution in [0.4, 0.5) is 15.8 Å². The summed E-state index contributed by atoms with van der Waals surface area (Å²) in [6.07, 6.45) is 6.26. The molecule has 1 heterocycles. The zero-order valence-electron chi connectivity index (χ0n) is 17.2. The number of anilines is 2. The number of halogens is 1. The summed E-state index contributed by atoms with van der Waals surface area (Å²) in [6.45, 7) is 1.55. The summed E-state index contributed by atoms with van der Waals surface area (Å²) >= 11 is 0. The van der Waals surface area contributed by atoms with Gasteiger partial charge in [0.1, 0.15) is 11.9 Å². The molecule has 1 amide bonds. The first-order valence-electron chi connectivity index (χ1n) is 10.5. The zero-order chi connectivity index (χ0) is 21.1. The Bertz CT molecular complexity index is 921. The van der Waals surface area contributed by atoms with Crippen molar-refractivity contribution >= 4 is 23.8 Å². The van der Waals surface area contributed by atoms with E-state index in [0.29, 0.717) is 12.2 Å². The van der Waals surface area contributed by atoms with Crippen molar-refractivity contribution in [3.8, 4) is 0 Å². The number of nitrogens with one attached hydrogen (secondary N) is 1. The van der Waals surface area contributed by atoms with E-state index in [-0.39, 0.29) is 17.8 Å². The summed E-state index contributed by atoms with van der Waals surface area (Å²) in [7, 11) is 2.10. The van der Waals surface area contributed by atoms with Crippen LogP contribution < -0.4 is 10.2 Å². The normalized spacial score (nSPS) is 18.4. The van der Waals surface area contributed by atoms with Crippen LogP contribution in [0.5, 0.6) is 0 Å². The molecule has 2 aromatic carbocycles. The Morgan fingerprint density at radius 1 is 1.20 bits per heavy atom. The van der Waals surface area contributed by atoms with Crippen LogP contribution in [0.2, 0.25) is 0 Å². The number of ether oxygens (including phenoxy) is 1. The highest BCUT2D eigenvalue weighted by atomic mass is 19.1. The Balaban J connectivity index is 0.000000313. The molecular formula is C24H27FN2O3. The topological polar surface area (TPSA) is 58.6 Å². The van der Waals surface area contributed by atoms with E-state index in [1.54, 1.807) is 12.1 Å². The van der Waals surface area contributed by atoms with Gasteiger partial charge in [-0.05, 0) is 73.6 Å². The van der Waals surface area contributed by atoms with Gasteiger partial charge in [0.2, 0.25) is 5.91 Å². The number of amides is 1. The number of rotatable bonds is 5. The number of carbonyl (C=O) groups is 2. The van der Waals surface area contributed by atoms with E-state index < -0.39 is 5.41 Å². The third-order valence-corrected chi connectivity index (χ3v) is 6.28. The fourth-order valence-corrected chi connectivity index (χ4v) is 4.11. The van der Waals surface area contributed by atoms with Crippen LogP contribution in [0.3, 0.4) is 0 Å². The van der Waals surface area contributed by atoms with Gasteiger partial charge in [-0.2, -0.15) is 0 Å². The van der Waals surface area contributed by atoms with Gasteiger partial charge < -0.3 is 15.0 Å². The molecule has 0 spiro atoms. The molecule has 5 rings (SSSR count). The molecule has 0 unspecified atom stereocenters. The Hall–Kier alpha value is -2.89. The molecule has 6 heteroatoms. The maximum absolute atomic E-state index is 13.0. The second-order valence-electron chi connectivity index (χ2n) is 8.34. The highest BCUT2D eigenvalue weighted by Gasteiger charge is 2.46. The average molecular weight is 410 g/mol. The second-order valence-corrected chi connectivity index (χ2v) is 8.34. The number of nitrogens with zero attached hydrogens (tertiary/aromatic N) is 1. The van der Waals surface area contributed by atoms with E-state index in [9.17, 15) is 14.0 Å². The molecule has 1 N–H and O–H groups in total. The number of fused-ring (bicyclic) bond motifs is 1. The van der Waals surface area contributed by atoms with Crippen molar-refractivity contribution in [2.24, 2.45) is 0 Å². The zero-order valence-corrected chi connectivity index (χ0v) is 17.2. The number of hydrogen-bond acceptors (Lipinski definition) is 4. The summed E-state index contributed by atoms with van der Waals surface area (Å²) in [5.41, 5.74) is 3.92. The Kier molecular flexibility index (Phi) is 5.75. The fraction of sp³-hybridized carbons (Fsp3) is 0.417. The number of hydrogen-bond donors (Lipinski definition) is 1. The van der Waals surface area contributed by atoms with Crippen LogP contribution in [0, 0.1) is 5.82 Å². The van der Waals surface area contributed by atoms with Crippen LogP contribution in [0.1, 0.15) is 43.2 Å². The van der Waals surface area contributed by atoms with Crippen LogP contribution in [0.25, 0.3) is 0 Å². The first kappa shape index (κ1) is 20.4. The van der Waals surface area contributed by atoms with E-state index in [0.717, 1.165) is 50.6 Å². The van der Waals surface area contributed by atoms with Crippen molar-refractivity contribution in [1.29, 1.82) is 0 Å². The molecule has 158 valence electrons. The van der Waals surface area contributed by atoms with Gasteiger partial charge in [0.25, 0.3) is 6.47 Å². The Morgan fingerprint density at radius 2 is 1.93 bits per heavy atom. The fourth-order valence-electron chi connectivity index (χ4n) is 4.11. The molecule has 0 atom stereocenters. The van der Waals surface area contributed by atoms with Crippen LogP contribution >= 0.6 is 0 Å². The largest absolute Gasteiger partial charge is 0.465 e. The predicted octanol–water partition coefficient (Wildman–Crippen LogP) is 4.20. The molecule has 0 aromatic heterocycles. The van der Waals surface area contributed by atoms with Gasteiger partial charge in [0.05, 0.1) is 5.41 Å². The molecule has 30 heavy (non-hydrogen) atoms. The van der Waals surface area contributed by atoms with Gasteiger partial charge >= 0.3 is 0 Å². The lowest BCUT2D eigenvalue weighted by atomic mass is 9.63. The molecule has 2 aromatic rings. The van der Waals surface area contributed by atoms with E-state index in [2.05, 4.69) is 40.2 Å². The number of benzene rings is 2. The smallest absolute Gasteiger partial charge is 0.293 e. The van der Waals surface area contributed by atoms with Gasteiger partial charge in [-0.1, -0.05) is 18.6 Å². The molecule has 5 nitrogen and oxygen atoms in total. The molecule has 2 aliphatic carbocycles. The van der Waals surface area contributed by atoms with Crippen molar-refractivity contribution in [3.05, 3.63) is 59.4 Å². The van der Waals surface area contributed by atoms with Gasteiger partial charge in [0.15, 0.2) is 0 Å². The minimum atomic E-state index is -0.440. The van der Waals surface area contributed by atoms with Crippen LogP contribution in [-0.4, -0.2) is 32.1 Å². The first-order chi connectivity index (χ1) is 14.5. The van der Waals surface area contributed by atoms with Crippen molar-refractivity contribution in [2.45, 2.75) is 50.0 Å². The van der Waals surface area contributed by atoms with Gasteiger partial charge in [0, 0.05) is 25.0 Å². The lowest BCUT2D eigenvalue weighted by molar-refractivity contribution is -0.129. The van der Waals surface area contributed by atoms with Gasteiger partial charge in [-0.25, -0.2) is 4.39 Å². The highest BCUT2D eigenvalue weighted by molar-refractivity contribution is 6.00. The van der Waals surface area contributed by atoms with Gasteiger partial charge in [-0.15, -0.1) is 0 Å². The Labute approximate surface area is 176 Å². The first-order valence-corrected chi connectivity index (χ1v) is 10.5.